The molecule has 2 saturated carbocycles. The molecule has 0 aromatic carbocycles. The minimum Gasteiger partial charge on any atom is -1.00 e. The average molecular weight is 453 g/mol. The molecule has 0 radical (unpaired) electrons. The van der Waals surface area contributed by atoms with E-state index < -0.39 is 34.5 Å². The summed E-state index contributed by atoms with van der Waals surface area (Å²) in [4.78, 5) is 37.4. The number of cyclic esters (lactones) is 1. The van der Waals surface area contributed by atoms with E-state index in [1.54, 1.807) is 13.0 Å². The van der Waals surface area contributed by atoms with Crippen molar-refractivity contribution in [2.24, 2.45) is 29.1 Å². The largest absolute Gasteiger partial charge is 1.00 e. The summed E-state index contributed by atoms with van der Waals surface area (Å²) < 4.78 is 5.68. The predicted molar refractivity (Wildman–Crippen MR) is 113 cm³/mol. The van der Waals surface area contributed by atoms with Crippen molar-refractivity contribution in [3.8, 4) is 0 Å². The summed E-state index contributed by atoms with van der Waals surface area (Å²) in [6.45, 7) is 3.80. The van der Waals surface area contributed by atoms with Crippen LogP contribution >= 0.6 is 0 Å². The Labute approximate surface area is 212 Å². The van der Waals surface area contributed by atoms with Crippen LogP contribution in [0.3, 0.4) is 0 Å². The Hall–Kier alpha value is -0.790. The summed E-state index contributed by atoms with van der Waals surface area (Å²) in [7, 11) is 0. The summed E-state index contributed by atoms with van der Waals surface area (Å²) in [5.74, 6) is 0.238. The maximum Gasteiger partial charge on any atom is 1.00 e. The third-order valence-corrected chi connectivity index (χ3v) is 9.54. The van der Waals surface area contributed by atoms with Gasteiger partial charge in [0.15, 0.2) is 5.78 Å². The van der Waals surface area contributed by atoms with Gasteiger partial charge in [0.05, 0.1) is 6.42 Å². The molecule has 4 aliphatic carbocycles. The normalized spacial score (nSPS) is 47.6. The number of esters is 1. The zero-order valence-electron chi connectivity index (χ0n) is 20.3. The van der Waals surface area contributed by atoms with Gasteiger partial charge in [-0.05, 0) is 73.8 Å². The van der Waals surface area contributed by atoms with Crippen molar-refractivity contribution in [2.45, 2.75) is 82.5 Å². The molecule has 0 aromatic rings. The molecule has 5 aliphatic rings. The van der Waals surface area contributed by atoms with Gasteiger partial charge in [0.25, 0.3) is 0 Å². The molecule has 1 heterocycles. The third kappa shape index (κ3) is 3.06. The number of hydrogen-bond acceptors (Lipinski definition) is 6. The van der Waals surface area contributed by atoms with Crippen molar-refractivity contribution in [2.75, 3.05) is 0 Å². The number of fused-ring (bicyclic) bond motifs is 5. The van der Waals surface area contributed by atoms with Gasteiger partial charge in [-0.3, -0.25) is 14.4 Å². The van der Waals surface area contributed by atoms with E-state index in [1.165, 1.54) is 0 Å². The van der Waals surface area contributed by atoms with E-state index >= 15 is 0 Å². The minimum atomic E-state index is -1.70. The second kappa shape index (κ2) is 8.16. The van der Waals surface area contributed by atoms with E-state index in [9.17, 15) is 24.6 Å². The fraction of sp³-hybridized carbons (Fsp3) is 0.720. The Bertz CT molecular complexity index is 917. The van der Waals surface area contributed by atoms with Gasteiger partial charge in [-0.15, -0.1) is 0 Å². The first kappa shape index (κ1) is 24.3. The van der Waals surface area contributed by atoms with Gasteiger partial charge in [0.1, 0.15) is 11.7 Å². The van der Waals surface area contributed by atoms with E-state index in [4.69, 9.17) is 4.74 Å². The van der Waals surface area contributed by atoms with Gasteiger partial charge >= 0.3 is 35.5 Å². The fourth-order valence-corrected chi connectivity index (χ4v) is 7.97. The average Bonchev–Trinajstić information content (AvgIpc) is 3.02. The fourth-order valence-electron chi connectivity index (χ4n) is 7.97. The number of Topliss-reactive ketones (excluding diaryl/α,β-unsaturated/α-hetero) is 1. The first-order chi connectivity index (χ1) is 14.7. The number of ether oxygens (including phenoxy) is 1. The number of aliphatic hydroxyl groups is 2. The molecule has 0 spiro atoms. The number of allylic oxidation sites excluding steroid dienone is 4. The van der Waals surface area contributed by atoms with Crippen LogP contribution in [0.2, 0.25) is 0 Å². The molecule has 170 valence electrons. The molecule has 0 aromatic heterocycles. The predicted octanol–water partition coefficient (Wildman–Crippen LogP) is -0.222. The van der Waals surface area contributed by atoms with Gasteiger partial charge in [-0.1, -0.05) is 26.0 Å². The first-order valence-electron chi connectivity index (χ1n) is 11.8. The van der Waals surface area contributed by atoms with E-state index in [-0.39, 0.29) is 61.4 Å². The summed E-state index contributed by atoms with van der Waals surface area (Å²) in [5, 5.41) is 22.5. The molecule has 7 heteroatoms. The Morgan fingerprint density at radius 3 is 2.66 bits per heavy atom. The Morgan fingerprint density at radius 1 is 1.19 bits per heavy atom. The molecular weight excluding hydrogens is 419 g/mol. The van der Waals surface area contributed by atoms with Gasteiger partial charge in [-0.25, -0.2) is 0 Å². The van der Waals surface area contributed by atoms with Crippen LogP contribution < -0.4 is 29.6 Å². The molecule has 32 heavy (non-hydrogen) atoms. The van der Waals surface area contributed by atoms with Gasteiger partial charge < -0.3 is 16.4 Å². The molecular formula is C25H33NaO6. The van der Waals surface area contributed by atoms with E-state index in [1.807, 2.05) is 6.92 Å². The molecule has 6 nitrogen and oxygen atoms in total. The molecule has 0 bridgehead atoms. The number of carbonyl (C=O) groups excluding carboxylic acids is 3. The van der Waals surface area contributed by atoms with Crippen LogP contribution in [-0.2, 0) is 19.1 Å². The quantitative estimate of drug-likeness (QED) is 0.444. The van der Waals surface area contributed by atoms with Crippen molar-refractivity contribution in [3.05, 3.63) is 23.8 Å². The summed E-state index contributed by atoms with van der Waals surface area (Å²) in [5.41, 5.74) is -2.67. The van der Waals surface area contributed by atoms with Crippen molar-refractivity contribution < 1.29 is 60.3 Å². The summed E-state index contributed by atoms with van der Waals surface area (Å²) in [6.07, 6.45) is 8.69. The maximum absolute atomic E-state index is 13.2. The van der Waals surface area contributed by atoms with Crippen LogP contribution in [-0.4, -0.2) is 45.1 Å². The van der Waals surface area contributed by atoms with Crippen molar-refractivity contribution in [1.29, 1.82) is 0 Å². The van der Waals surface area contributed by atoms with Crippen LogP contribution in [0.5, 0.6) is 0 Å². The second-order valence-corrected chi connectivity index (χ2v) is 10.6. The molecule has 1 saturated heterocycles. The van der Waals surface area contributed by atoms with Crippen LogP contribution in [0.4, 0.5) is 0 Å². The molecule has 3 fully saturated rings. The maximum atomic E-state index is 13.2. The topological polar surface area (TPSA) is 101 Å². The monoisotopic (exact) mass is 452 g/mol. The molecule has 3 unspecified atom stereocenters. The molecule has 0 amide bonds. The molecule has 1 aliphatic heterocycles. The zero-order valence-corrected chi connectivity index (χ0v) is 21.3. The Balaban J connectivity index is 0.00000153. The number of hydrogen-bond donors (Lipinski definition) is 2. The van der Waals surface area contributed by atoms with Crippen LogP contribution in [0.25, 0.3) is 0 Å². The number of aliphatic hydroxyl groups excluding tert-OH is 1. The minimum absolute atomic E-state index is 0. The number of ketones is 2. The van der Waals surface area contributed by atoms with Crippen LogP contribution in [0.1, 0.15) is 66.6 Å². The number of carbonyl (C=O) groups is 3. The zero-order chi connectivity index (χ0) is 22.2. The van der Waals surface area contributed by atoms with E-state index in [0.29, 0.717) is 24.7 Å². The van der Waals surface area contributed by atoms with E-state index in [2.05, 4.69) is 12.2 Å². The van der Waals surface area contributed by atoms with Crippen molar-refractivity contribution in [1.82, 2.24) is 0 Å². The van der Waals surface area contributed by atoms with Gasteiger partial charge in [-0.2, -0.15) is 0 Å². The molecule has 8 atom stereocenters. The smallest absolute Gasteiger partial charge is 1.00 e. The first-order valence-corrected chi connectivity index (χ1v) is 11.8. The Kier molecular flexibility index (Phi) is 6.20. The molecule has 5 rings (SSSR count). The van der Waals surface area contributed by atoms with Crippen LogP contribution in [0.15, 0.2) is 23.8 Å². The van der Waals surface area contributed by atoms with E-state index in [0.717, 1.165) is 31.3 Å². The summed E-state index contributed by atoms with van der Waals surface area (Å²) >= 11 is 0. The second-order valence-electron chi connectivity index (χ2n) is 10.6. The molecule has 2 N–H and O–H groups in total. The number of rotatable bonds is 2. The van der Waals surface area contributed by atoms with Crippen LogP contribution in [0, 0.1) is 29.1 Å². The Morgan fingerprint density at radius 2 is 1.94 bits per heavy atom. The van der Waals surface area contributed by atoms with Crippen molar-refractivity contribution >= 4 is 17.5 Å². The standard InChI is InChI=1S/C25H32O6.Na.H/c1-3-24(22(29)20(27)13-21(28)31-24)25(30)11-9-19-18-6-4-14-12-15(26)5-7-16(14)17(18)8-10-23(19,25)2;;/h4,6,12,16-20,27,30H,3,5,7-11,13H2,1-2H3;;/q;+1;-1/t16?,17-,18-,19?,20?,23-,24-,25-;;/m0../s1. The van der Waals surface area contributed by atoms with Crippen molar-refractivity contribution in [3.63, 3.8) is 0 Å². The third-order valence-electron chi connectivity index (χ3n) is 9.54. The SMILES string of the molecule is CC[C@]1([C@]2(O)CCC3[C@H]4C=CC5=CC(=O)CCC5[C@@H]4CC[C@@]32C)OC(=O)CC(O)C1=O.[H-].[Na+]. The van der Waals surface area contributed by atoms with Gasteiger partial charge in [0, 0.05) is 11.8 Å². The summed E-state index contributed by atoms with van der Waals surface area (Å²) in [6, 6.07) is 0. The van der Waals surface area contributed by atoms with Gasteiger partial charge in [0.2, 0.25) is 11.4 Å².